The van der Waals surface area contributed by atoms with Gasteiger partial charge in [-0.25, -0.2) is 4.79 Å². The molecule has 0 fully saturated rings. The first kappa shape index (κ1) is 31.7. The van der Waals surface area contributed by atoms with Crippen molar-refractivity contribution in [3.8, 4) is 6.07 Å². The largest absolute Gasteiger partial charge is 0.444 e. The molecule has 210 valence electrons. The minimum absolute atomic E-state index is 0.305. The molecular formula is C30H40N4O4S. The van der Waals surface area contributed by atoms with Gasteiger partial charge in [-0.2, -0.15) is 17.0 Å². The van der Waals surface area contributed by atoms with Crippen molar-refractivity contribution in [3.63, 3.8) is 0 Å². The van der Waals surface area contributed by atoms with Crippen LogP contribution in [0.5, 0.6) is 0 Å². The lowest BCUT2D eigenvalue weighted by atomic mass is 9.97. The number of carbonyl (C=O) groups is 3. The molecule has 0 saturated heterocycles. The standard InChI is InChI=1S/C30H40N4O4S/c1-19-16-20(2)18-23(17-19)26(27(35)33-25-21(3)10-9-11-22(25)4)34(14-13-31)28(36)24(12-15-39-8)32-29(37)38-30(5,6)7/h9-11,16-18,24,26H,12,14-15H2,1-8H3,(H,32,37)(H,33,35). The molecule has 2 rings (SSSR count). The first-order chi connectivity index (χ1) is 18.3. The summed E-state index contributed by atoms with van der Waals surface area (Å²) in [6.45, 7) is 12.5. The van der Waals surface area contributed by atoms with Crippen LogP contribution in [0.2, 0.25) is 0 Å². The highest BCUT2D eigenvalue weighted by molar-refractivity contribution is 7.98. The third-order valence-corrected chi connectivity index (χ3v) is 6.62. The van der Waals surface area contributed by atoms with Crippen LogP contribution in [0.15, 0.2) is 36.4 Å². The number of anilines is 1. The van der Waals surface area contributed by atoms with E-state index in [4.69, 9.17) is 4.74 Å². The van der Waals surface area contributed by atoms with E-state index in [2.05, 4.69) is 10.6 Å². The van der Waals surface area contributed by atoms with Crippen molar-refractivity contribution < 1.29 is 19.1 Å². The van der Waals surface area contributed by atoms with E-state index in [9.17, 15) is 19.6 Å². The normalized spacial score (nSPS) is 12.6. The third kappa shape index (κ3) is 9.32. The molecule has 3 amide bonds. The summed E-state index contributed by atoms with van der Waals surface area (Å²) in [6.07, 6.45) is 1.47. The molecule has 39 heavy (non-hydrogen) atoms. The number of nitrogens with zero attached hydrogens (tertiary/aromatic N) is 2. The summed E-state index contributed by atoms with van der Waals surface area (Å²) in [7, 11) is 0. The van der Waals surface area contributed by atoms with E-state index in [1.807, 2.05) is 76.4 Å². The number of alkyl carbamates (subject to hydrolysis) is 1. The Balaban J connectivity index is 2.58. The van der Waals surface area contributed by atoms with Crippen molar-refractivity contribution in [3.05, 3.63) is 64.2 Å². The molecule has 8 nitrogen and oxygen atoms in total. The number of aryl methyl sites for hydroxylation is 4. The van der Waals surface area contributed by atoms with Gasteiger partial charge in [0.25, 0.3) is 5.91 Å². The maximum absolute atomic E-state index is 14.0. The fraction of sp³-hybridized carbons (Fsp3) is 0.467. The smallest absolute Gasteiger partial charge is 0.408 e. The lowest BCUT2D eigenvalue weighted by Gasteiger charge is -2.33. The Morgan fingerprint density at radius 3 is 2.15 bits per heavy atom. The van der Waals surface area contributed by atoms with Crippen molar-refractivity contribution in [2.24, 2.45) is 0 Å². The van der Waals surface area contributed by atoms with Gasteiger partial charge in [-0.05, 0) is 83.6 Å². The van der Waals surface area contributed by atoms with Crippen molar-refractivity contribution in [1.29, 1.82) is 5.26 Å². The Morgan fingerprint density at radius 1 is 1.05 bits per heavy atom. The van der Waals surface area contributed by atoms with E-state index >= 15 is 0 Å². The number of rotatable bonds is 10. The summed E-state index contributed by atoms with van der Waals surface area (Å²) in [6, 6.07) is 11.3. The highest BCUT2D eigenvalue weighted by Gasteiger charge is 2.36. The van der Waals surface area contributed by atoms with Crippen LogP contribution in [0.4, 0.5) is 10.5 Å². The minimum Gasteiger partial charge on any atom is -0.444 e. The number of thioether (sulfide) groups is 1. The van der Waals surface area contributed by atoms with Crippen LogP contribution in [0, 0.1) is 39.0 Å². The zero-order chi connectivity index (χ0) is 29.3. The molecule has 0 aliphatic heterocycles. The number of nitrogens with one attached hydrogen (secondary N) is 2. The van der Waals surface area contributed by atoms with Gasteiger partial charge in [-0.3, -0.25) is 9.59 Å². The molecule has 0 aromatic heterocycles. The highest BCUT2D eigenvalue weighted by atomic mass is 32.2. The van der Waals surface area contributed by atoms with E-state index in [1.165, 1.54) is 16.7 Å². The zero-order valence-corrected chi connectivity index (χ0v) is 25.0. The second kappa shape index (κ2) is 14.0. The molecule has 0 spiro atoms. The molecule has 2 atom stereocenters. The molecule has 2 unspecified atom stereocenters. The average molecular weight is 553 g/mol. The van der Waals surface area contributed by atoms with Crippen molar-refractivity contribution in [2.75, 3.05) is 23.9 Å². The summed E-state index contributed by atoms with van der Waals surface area (Å²) in [5.41, 5.74) is 4.09. The molecule has 2 aromatic carbocycles. The predicted molar refractivity (Wildman–Crippen MR) is 157 cm³/mol. The maximum Gasteiger partial charge on any atom is 0.408 e. The molecule has 0 aliphatic rings. The molecule has 0 saturated carbocycles. The van der Waals surface area contributed by atoms with Crippen molar-refractivity contribution in [2.45, 2.75) is 72.6 Å². The monoisotopic (exact) mass is 552 g/mol. The predicted octanol–water partition coefficient (Wildman–Crippen LogP) is 5.60. The molecule has 0 aliphatic carbocycles. The topological polar surface area (TPSA) is 112 Å². The van der Waals surface area contributed by atoms with Crippen LogP contribution in [0.3, 0.4) is 0 Å². The van der Waals surface area contributed by atoms with Gasteiger partial charge < -0.3 is 20.3 Å². The Labute approximate surface area is 236 Å². The lowest BCUT2D eigenvalue weighted by Crippen LogP contribution is -2.52. The number of hydrogen-bond acceptors (Lipinski definition) is 6. The number of para-hydroxylation sites is 1. The van der Waals surface area contributed by atoms with E-state index in [-0.39, 0.29) is 6.54 Å². The second-order valence-corrected chi connectivity index (χ2v) is 11.7. The van der Waals surface area contributed by atoms with Crippen LogP contribution >= 0.6 is 11.8 Å². The first-order valence-electron chi connectivity index (χ1n) is 12.9. The minimum atomic E-state index is -1.10. The molecule has 0 heterocycles. The van der Waals surface area contributed by atoms with Gasteiger partial charge >= 0.3 is 6.09 Å². The number of ether oxygens (including phenoxy) is 1. The van der Waals surface area contributed by atoms with Crippen molar-refractivity contribution in [1.82, 2.24) is 10.2 Å². The summed E-state index contributed by atoms with van der Waals surface area (Å²) >= 11 is 1.53. The molecular weight excluding hydrogens is 512 g/mol. The summed E-state index contributed by atoms with van der Waals surface area (Å²) < 4.78 is 5.40. The van der Waals surface area contributed by atoms with Crippen LogP contribution in [-0.4, -0.2) is 53.0 Å². The molecule has 2 N–H and O–H groups in total. The number of carbonyl (C=O) groups excluding carboxylic acids is 3. The Bertz CT molecular complexity index is 1190. The van der Waals surface area contributed by atoms with E-state index in [0.29, 0.717) is 23.4 Å². The average Bonchev–Trinajstić information content (AvgIpc) is 2.81. The highest BCUT2D eigenvalue weighted by Crippen LogP contribution is 2.28. The van der Waals surface area contributed by atoms with Gasteiger partial charge in [0.1, 0.15) is 24.2 Å². The SMILES string of the molecule is CSCCC(NC(=O)OC(C)(C)C)C(=O)N(CC#N)C(C(=O)Nc1c(C)cccc1C)c1cc(C)cc(C)c1. The third-order valence-electron chi connectivity index (χ3n) is 5.97. The van der Waals surface area contributed by atoms with Gasteiger partial charge in [-0.1, -0.05) is 47.5 Å². The fourth-order valence-corrected chi connectivity index (χ4v) is 4.83. The maximum atomic E-state index is 14.0. The Morgan fingerprint density at radius 2 is 1.64 bits per heavy atom. The summed E-state index contributed by atoms with van der Waals surface area (Å²) in [4.78, 5) is 41.9. The second-order valence-electron chi connectivity index (χ2n) is 10.7. The summed E-state index contributed by atoms with van der Waals surface area (Å²) in [5.74, 6) is -0.394. The Kier molecular flexibility index (Phi) is 11.4. The van der Waals surface area contributed by atoms with Gasteiger partial charge in [0, 0.05) is 5.69 Å². The van der Waals surface area contributed by atoms with Gasteiger partial charge in [0.15, 0.2) is 0 Å². The number of benzene rings is 2. The molecule has 0 bridgehead atoms. The molecule has 0 radical (unpaired) electrons. The molecule has 2 aromatic rings. The van der Waals surface area contributed by atoms with E-state index in [1.54, 1.807) is 20.8 Å². The number of nitriles is 1. The van der Waals surface area contributed by atoms with Crippen LogP contribution in [-0.2, 0) is 14.3 Å². The van der Waals surface area contributed by atoms with Gasteiger partial charge in [0.05, 0.1) is 6.07 Å². The van der Waals surface area contributed by atoms with Crippen LogP contribution < -0.4 is 10.6 Å². The van der Waals surface area contributed by atoms with Crippen molar-refractivity contribution >= 4 is 35.4 Å². The Hall–Kier alpha value is -3.51. The van der Waals surface area contributed by atoms with Crippen LogP contribution in [0.1, 0.15) is 61.1 Å². The quantitative estimate of drug-likeness (QED) is 0.371. The number of amides is 3. The van der Waals surface area contributed by atoms with Crippen LogP contribution in [0.25, 0.3) is 0 Å². The lowest BCUT2D eigenvalue weighted by molar-refractivity contribution is -0.140. The van der Waals surface area contributed by atoms with Gasteiger partial charge in [-0.15, -0.1) is 0 Å². The number of hydrogen-bond donors (Lipinski definition) is 2. The fourth-order valence-electron chi connectivity index (χ4n) is 4.36. The first-order valence-corrected chi connectivity index (χ1v) is 14.3. The summed E-state index contributed by atoms with van der Waals surface area (Å²) in [5, 5.41) is 15.4. The van der Waals surface area contributed by atoms with E-state index < -0.39 is 35.6 Å². The van der Waals surface area contributed by atoms with E-state index in [0.717, 1.165) is 22.3 Å². The van der Waals surface area contributed by atoms with Gasteiger partial charge in [0.2, 0.25) is 5.91 Å². The molecule has 9 heteroatoms. The zero-order valence-electron chi connectivity index (χ0n) is 24.2.